The third kappa shape index (κ3) is 10.9. The Hall–Kier alpha value is -1.08. The van der Waals surface area contributed by atoms with Gasteiger partial charge in [0, 0.05) is 0 Å². The summed E-state index contributed by atoms with van der Waals surface area (Å²) in [5, 5.41) is 0. The molecule has 0 rings (SSSR count). The van der Waals surface area contributed by atoms with Gasteiger partial charge in [-0.2, -0.15) is 0 Å². The van der Waals surface area contributed by atoms with Gasteiger partial charge in [0.2, 0.25) is 0 Å². The van der Waals surface area contributed by atoms with E-state index < -0.39 is 0 Å². The van der Waals surface area contributed by atoms with E-state index in [-0.39, 0.29) is 0 Å². The highest BCUT2D eigenvalue weighted by Gasteiger charge is 1.89. The minimum absolute atomic E-state index is 0.988. The van der Waals surface area contributed by atoms with Crippen molar-refractivity contribution >= 4 is 0 Å². The second-order valence-electron chi connectivity index (χ2n) is 3.27. The van der Waals surface area contributed by atoms with Crippen LogP contribution in [0, 0.1) is 0 Å². The van der Waals surface area contributed by atoms with Crippen LogP contribution >= 0.6 is 0 Å². The van der Waals surface area contributed by atoms with E-state index in [4.69, 9.17) is 0 Å². The zero-order valence-electron chi connectivity index (χ0n) is 9.93. The molecule has 0 saturated carbocycles. The van der Waals surface area contributed by atoms with E-state index in [1.807, 2.05) is 13.0 Å². The number of hydrogen-bond donors (Lipinski definition) is 1. The minimum atomic E-state index is 0.988. The molecule has 0 aromatic carbocycles. The average Bonchev–Trinajstić information content (AvgIpc) is 2.06. The molecule has 14 heavy (non-hydrogen) atoms. The molecule has 1 nitrogen and oxygen atoms in total. The second kappa shape index (κ2) is 10.0. The van der Waals surface area contributed by atoms with Crippen molar-refractivity contribution in [2.24, 2.45) is 5.73 Å². The molecular formula is C13H23N. The van der Waals surface area contributed by atoms with E-state index in [0.717, 1.165) is 6.42 Å². The van der Waals surface area contributed by atoms with Crippen LogP contribution in [0.1, 0.15) is 27.2 Å². The minimum Gasteiger partial charge on any atom is -0.333 e. The molecule has 80 valence electrons. The van der Waals surface area contributed by atoms with Crippen LogP contribution in [0.3, 0.4) is 0 Å². The summed E-state index contributed by atoms with van der Waals surface area (Å²) < 4.78 is 0. The maximum atomic E-state index is 4.50. The van der Waals surface area contributed by atoms with Crippen LogP contribution < -0.4 is 5.73 Å². The van der Waals surface area contributed by atoms with E-state index in [1.165, 1.54) is 23.8 Å². The fourth-order valence-corrected chi connectivity index (χ4v) is 1.15. The lowest BCUT2D eigenvalue weighted by molar-refractivity contribution is 1.11. The van der Waals surface area contributed by atoms with Gasteiger partial charge in [0.15, 0.2) is 0 Å². The Kier molecular flexibility index (Phi) is 11.0. The summed E-state index contributed by atoms with van der Waals surface area (Å²) >= 11 is 0. The Balaban J connectivity index is 0. The van der Waals surface area contributed by atoms with Gasteiger partial charge in [0.25, 0.3) is 0 Å². The van der Waals surface area contributed by atoms with Crippen LogP contribution in [0.2, 0.25) is 0 Å². The largest absolute Gasteiger partial charge is 0.333 e. The fraction of sp³-hybridized carbons (Fsp3) is 0.385. The monoisotopic (exact) mass is 193 g/mol. The van der Waals surface area contributed by atoms with Gasteiger partial charge in [0.1, 0.15) is 0 Å². The molecule has 0 heterocycles. The smallest absolute Gasteiger partial charge is 0.0113 e. The summed E-state index contributed by atoms with van der Waals surface area (Å²) in [5.41, 5.74) is 8.29. The van der Waals surface area contributed by atoms with Crippen molar-refractivity contribution in [1.82, 2.24) is 0 Å². The van der Waals surface area contributed by atoms with Gasteiger partial charge >= 0.3 is 0 Å². The van der Waals surface area contributed by atoms with Crippen molar-refractivity contribution in [3.63, 3.8) is 0 Å². The molecular weight excluding hydrogens is 170 g/mol. The summed E-state index contributed by atoms with van der Waals surface area (Å²) in [7, 11) is 1.50. The van der Waals surface area contributed by atoms with Crippen LogP contribution in [0.5, 0.6) is 0 Å². The Morgan fingerprint density at radius 3 is 2.07 bits per heavy atom. The molecule has 0 atom stereocenters. The number of rotatable bonds is 4. The lowest BCUT2D eigenvalue weighted by Crippen LogP contribution is -1.79. The third-order valence-electron chi connectivity index (χ3n) is 1.44. The van der Waals surface area contributed by atoms with Crippen LogP contribution in [0.4, 0.5) is 0 Å². The summed E-state index contributed by atoms with van der Waals surface area (Å²) in [6.07, 6.45) is 6.96. The first-order chi connectivity index (χ1) is 6.56. The van der Waals surface area contributed by atoms with E-state index >= 15 is 0 Å². The van der Waals surface area contributed by atoms with Crippen molar-refractivity contribution in [3.8, 4) is 0 Å². The van der Waals surface area contributed by atoms with Gasteiger partial charge in [-0.05, 0) is 34.2 Å². The first-order valence-electron chi connectivity index (χ1n) is 4.75. The van der Waals surface area contributed by atoms with E-state index in [9.17, 15) is 0 Å². The zero-order valence-corrected chi connectivity index (χ0v) is 9.93. The molecule has 0 unspecified atom stereocenters. The molecule has 0 bridgehead atoms. The first kappa shape index (κ1) is 15.4. The predicted octanol–water partition coefficient (Wildman–Crippen LogP) is 3.61. The fourth-order valence-electron chi connectivity index (χ4n) is 1.15. The molecule has 0 radical (unpaired) electrons. The molecule has 0 aliphatic carbocycles. The van der Waals surface area contributed by atoms with Crippen molar-refractivity contribution in [2.45, 2.75) is 27.2 Å². The van der Waals surface area contributed by atoms with Gasteiger partial charge in [-0.25, -0.2) is 0 Å². The first-order valence-corrected chi connectivity index (χ1v) is 4.75. The van der Waals surface area contributed by atoms with Crippen molar-refractivity contribution in [2.75, 3.05) is 7.05 Å². The second-order valence-corrected chi connectivity index (χ2v) is 3.27. The van der Waals surface area contributed by atoms with Crippen molar-refractivity contribution < 1.29 is 0 Å². The summed E-state index contributed by atoms with van der Waals surface area (Å²) in [6.45, 7) is 13.8. The van der Waals surface area contributed by atoms with Crippen molar-refractivity contribution in [3.05, 3.63) is 48.1 Å². The maximum Gasteiger partial charge on any atom is -0.0113 e. The zero-order chi connectivity index (χ0) is 11.6. The third-order valence-corrected chi connectivity index (χ3v) is 1.44. The number of hydrogen-bond acceptors (Lipinski definition) is 1. The lowest BCUT2D eigenvalue weighted by Gasteiger charge is -1.99. The molecule has 0 aromatic heterocycles. The molecule has 0 amide bonds. The van der Waals surface area contributed by atoms with Crippen LogP contribution in [0.15, 0.2) is 48.1 Å². The van der Waals surface area contributed by atoms with Crippen LogP contribution in [-0.2, 0) is 0 Å². The number of allylic oxidation sites excluding steroid dienone is 6. The molecule has 1 heteroatoms. The molecule has 0 aliphatic rings. The molecule has 2 N–H and O–H groups in total. The summed E-state index contributed by atoms with van der Waals surface area (Å²) in [4.78, 5) is 0. The maximum absolute atomic E-state index is 4.50. The molecule has 0 aromatic rings. The molecule has 0 spiro atoms. The van der Waals surface area contributed by atoms with Gasteiger partial charge in [0.05, 0.1) is 0 Å². The van der Waals surface area contributed by atoms with Gasteiger partial charge in [-0.15, -0.1) is 0 Å². The number of nitrogens with two attached hydrogens (primary N) is 1. The summed E-state index contributed by atoms with van der Waals surface area (Å²) in [6, 6.07) is 0. The van der Waals surface area contributed by atoms with Gasteiger partial charge < -0.3 is 5.73 Å². The standard InChI is InChI=1S/C12H18.CH5N/c1-6-7-11(4)9-12(5)8-10(2)3;1-2/h6-7,9H,1-2,8H2,3-5H3;2H2,1H3/b11-7-,12-9-;. The van der Waals surface area contributed by atoms with Crippen LogP contribution in [0.25, 0.3) is 0 Å². The van der Waals surface area contributed by atoms with E-state index in [2.05, 4.69) is 38.8 Å². The normalized spacial score (nSPS) is 11.5. The Labute approximate surface area is 88.7 Å². The summed E-state index contributed by atoms with van der Waals surface area (Å²) in [5.74, 6) is 0. The Bertz CT molecular complexity index is 232. The van der Waals surface area contributed by atoms with Gasteiger partial charge in [-0.3, -0.25) is 0 Å². The quantitative estimate of drug-likeness (QED) is 0.535. The molecule has 0 saturated heterocycles. The molecule has 0 aliphatic heterocycles. The lowest BCUT2D eigenvalue weighted by atomic mass is 10.1. The highest BCUT2D eigenvalue weighted by Crippen LogP contribution is 2.10. The average molecular weight is 193 g/mol. The van der Waals surface area contributed by atoms with E-state index in [0.29, 0.717) is 0 Å². The highest BCUT2D eigenvalue weighted by atomic mass is 14.4. The predicted molar refractivity (Wildman–Crippen MR) is 67.3 cm³/mol. The molecule has 0 fully saturated rings. The van der Waals surface area contributed by atoms with E-state index in [1.54, 1.807) is 6.08 Å². The van der Waals surface area contributed by atoms with Crippen LogP contribution in [-0.4, -0.2) is 7.05 Å². The topological polar surface area (TPSA) is 26.0 Å². The highest BCUT2D eigenvalue weighted by molar-refractivity contribution is 5.25. The Morgan fingerprint density at radius 1 is 1.21 bits per heavy atom. The SMILES string of the molecule is C=C/C=C(C)\C=C(\C)CC(=C)C.CN. The Morgan fingerprint density at radius 2 is 1.71 bits per heavy atom. The van der Waals surface area contributed by atoms with Gasteiger partial charge in [-0.1, -0.05) is 48.1 Å². The van der Waals surface area contributed by atoms with Crippen molar-refractivity contribution in [1.29, 1.82) is 0 Å².